The van der Waals surface area contributed by atoms with Crippen molar-refractivity contribution in [1.82, 2.24) is 0 Å². The molecule has 2 saturated carbocycles. The molecule has 2 fully saturated rings. The van der Waals surface area contributed by atoms with E-state index in [1.165, 1.54) is 32.1 Å². The van der Waals surface area contributed by atoms with Crippen LogP contribution in [0.15, 0.2) is 0 Å². The van der Waals surface area contributed by atoms with Gasteiger partial charge in [0, 0.05) is 12.1 Å². The van der Waals surface area contributed by atoms with Crippen molar-refractivity contribution in [2.24, 2.45) is 23.3 Å². The fraction of sp³-hybridized carbons (Fsp3) is 1.00. The first-order chi connectivity index (χ1) is 6.23. The minimum absolute atomic E-state index is 0.0136. The molecule has 13 heavy (non-hydrogen) atoms. The van der Waals surface area contributed by atoms with Crippen LogP contribution in [-0.4, -0.2) is 12.1 Å². The first-order valence-corrected chi connectivity index (χ1v) is 5.72. The molecule has 0 bridgehead atoms. The molecule has 2 heteroatoms. The Labute approximate surface area is 81.1 Å². The lowest BCUT2D eigenvalue weighted by Gasteiger charge is -2.42. The van der Waals surface area contributed by atoms with Crippen LogP contribution in [0, 0.1) is 11.8 Å². The van der Waals surface area contributed by atoms with Gasteiger partial charge in [0.25, 0.3) is 0 Å². The summed E-state index contributed by atoms with van der Waals surface area (Å²) >= 11 is 0. The molecule has 2 nitrogen and oxygen atoms in total. The summed E-state index contributed by atoms with van der Waals surface area (Å²) in [6.45, 7) is 0.671. The van der Waals surface area contributed by atoms with Crippen molar-refractivity contribution in [1.29, 1.82) is 0 Å². The Kier molecular flexibility index (Phi) is 2.61. The van der Waals surface area contributed by atoms with Gasteiger partial charge in [-0.1, -0.05) is 19.3 Å². The second-order valence-corrected chi connectivity index (χ2v) is 5.09. The topological polar surface area (TPSA) is 52.0 Å². The molecule has 0 spiro atoms. The monoisotopic (exact) mass is 182 g/mol. The van der Waals surface area contributed by atoms with E-state index in [9.17, 15) is 0 Å². The second kappa shape index (κ2) is 3.58. The zero-order valence-electron chi connectivity index (χ0n) is 8.47. The Morgan fingerprint density at radius 3 is 1.92 bits per heavy atom. The van der Waals surface area contributed by atoms with Gasteiger partial charge in [0.2, 0.25) is 0 Å². The highest BCUT2D eigenvalue weighted by molar-refractivity contribution is 4.93. The van der Waals surface area contributed by atoms with Gasteiger partial charge in [-0.05, 0) is 37.5 Å². The van der Waals surface area contributed by atoms with Crippen LogP contribution in [0.2, 0.25) is 0 Å². The van der Waals surface area contributed by atoms with Crippen LogP contribution in [0.25, 0.3) is 0 Å². The summed E-state index contributed by atoms with van der Waals surface area (Å²) in [7, 11) is 0. The van der Waals surface area contributed by atoms with Crippen LogP contribution in [0.1, 0.15) is 44.9 Å². The van der Waals surface area contributed by atoms with Gasteiger partial charge in [-0.3, -0.25) is 0 Å². The molecule has 0 radical (unpaired) electrons. The molecule has 0 amide bonds. The summed E-state index contributed by atoms with van der Waals surface area (Å²) in [5.41, 5.74) is 11.8. The largest absolute Gasteiger partial charge is 0.329 e. The van der Waals surface area contributed by atoms with E-state index < -0.39 is 0 Å². The number of nitrogens with two attached hydrogens (primary N) is 2. The van der Waals surface area contributed by atoms with Gasteiger partial charge in [0.15, 0.2) is 0 Å². The van der Waals surface area contributed by atoms with E-state index in [1.54, 1.807) is 0 Å². The average Bonchev–Trinajstić information content (AvgIpc) is 2.06. The molecular weight excluding hydrogens is 160 g/mol. The molecule has 0 aliphatic heterocycles. The first kappa shape index (κ1) is 9.47. The third-order valence-corrected chi connectivity index (χ3v) is 4.25. The van der Waals surface area contributed by atoms with Crippen LogP contribution in [0.4, 0.5) is 0 Å². The highest BCUT2D eigenvalue weighted by atomic mass is 14.8. The van der Waals surface area contributed by atoms with Crippen molar-refractivity contribution in [2.75, 3.05) is 6.54 Å². The van der Waals surface area contributed by atoms with E-state index >= 15 is 0 Å². The van der Waals surface area contributed by atoms with Crippen molar-refractivity contribution < 1.29 is 0 Å². The van der Waals surface area contributed by atoms with Crippen LogP contribution in [0.5, 0.6) is 0 Å². The van der Waals surface area contributed by atoms with Gasteiger partial charge in [-0.25, -0.2) is 0 Å². The predicted octanol–water partition coefficient (Wildman–Crippen LogP) is 1.63. The SMILES string of the molecule is NCC1(N)CCC(C2CCC2)CC1. The third kappa shape index (κ3) is 1.89. The predicted molar refractivity (Wildman–Crippen MR) is 55.3 cm³/mol. The molecule has 0 saturated heterocycles. The van der Waals surface area contributed by atoms with Crippen LogP contribution >= 0.6 is 0 Å². The lowest BCUT2D eigenvalue weighted by atomic mass is 9.66. The highest BCUT2D eigenvalue weighted by Gasteiger charge is 2.35. The van der Waals surface area contributed by atoms with E-state index in [4.69, 9.17) is 11.5 Å². The fourth-order valence-corrected chi connectivity index (χ4v) is 2.80. The van der Waals surface area contributed by atoms with Gasteiger partial charge in [0.1, 0.15) is 0 Å². The Morgan fingerprint density at radius 1 is 1.00 bits per heavy atom. The van der Waals surface area contributed by atoms with E-state index in [0.29, 0.717) is 6.54 Å². The summed E-state index contributed by atoms with van der Waals surface area (Å²) in [4.78, 5) is 0. The van der Waals surface area contributed by atoms with E-state index in [1.807, 2.05) is 0 Å². The minimum Gasteiger partial charge on any atom is -0.329 e. The lowest BCUT2D eigenvalue weighted by molar-refractivity contribution is 0.128. The smallest absolute Gasteiger partial charge is 0.0278 e. The van der Waals surface area contributed by atoms with Crippen molar-refractivity contribution in [2.45, 2.75) is 50.5 Å². The molecule has 0 aromatic heterocycles. The Balaban J connectivity index is 1.81. The van der Waals surface area contributed by atoms with Gasteiger partial charge in [0.05, 0.1) is 0 Å². The Morgan fingerprint density at radius 2 is 1.54 bits per heavy atom. The normalized spacial score (nSPS) is 41.5. The van der Waals surface area contributed by atoms with Crippen LogP contribution in [0.3, 0.4) is 0 Å². The number of hydrogen-bond donors (Lipinski definition) is 2. The van der Waals surface area contributed by atoms with Gasteiger partial charge in [-0.15, -0.1) is 0 Å². The molecule has 0 heterocycles. The van der Waals surface area contributed by atoms with Gasteiger partial charge in [-0.2, -0.15) is 0 Å². The molecule has 2 aliphatic carbocycles. The third-order valence-electron chi connectivity index (χ3n) is 4.25. The van der Waals surface area contributed by atoms with Crippen molar-refractivity contribution in [3.8, 4) is 0 Å². The molecule has 2 rings (SSSR count). The molecule has 2 aliphatic rings. The maximum absolute atomic E-state index is 6.16. The maximum atomic E-state index is 6.16. The molecular formula is C11H22N2. The maximum Gasteiger partial charge on any atom is 0.0278 e. The van der Waals surface area contributed by atoms with Gasteiger partial charge < -0.3 is 11.5 Å². The van der Waals surface area contributed by atoms with Crippen LogP contribution in [-0.2, 0) is 0 Å². The Hall–Kier alpha value is -0.0800. The minimum atomic E-state index is -0.0136. The van der Waals surface area contributed by atoms with Crippen molar-refractivity contribution in [3.63, 3.8) is 0 Å². The molecule has 0 aromatic carbocycles. The molecule has 76 valence electrons. The lowest BCUT2D eigenvalue weighted by Crippen LogP contribution is -2.50. The van der Waals surface area contributed by atoms with E-state index in [-0.39, 0.29) is 5.54 Å². The number of hydrogen-bond acceptors (Lipinski definition) is 2. The molecule has 0 atom stereocenters. The Bertz CT molecular complexity index is 167. The standard InChI is InChI=1S/C11H22N2/c12-8-11(13)6-4-10(5-7-11)9-2-1-3-9/h9-10H,1-8,12-13H2. The summed E-state index contributed by atoms with van der Waals surface area (Å²) < 4.78 is 0. The second-order valence-electron chi connectivity index (χ2n) is 5.09. The first-order valence-electron chi connectivity index (χ1n) is 5.72. The summed E-state index contributed by atoms with van der Waals surface area (Å²) in [5.74, 6) is 2.03. The summed E-state index contributed by atoms with van der Waals surface area (Å²) in [5, 5.41) is 0. The summed E-state index contributed by atoms with van der Waals surface area (Å²) in [6.07, 6.45) is 9.40. The molecule has 0 unspecified atom stereocenters. The number of rotatable bonds is 2. The summed E-state index contributed by atoms with van der Waals surface area (Å²) in [6, 6.07) is 0. The average molecular weight is 182 g/mol. The van der Waals surface area contributed by atoms with E-state index in [2.05, 4.69) is 0 Å². The zero-order chi connectivity index (χ0) is 9.31. The van der Waals surface area contributed by atoms with Crippen molar-refractivity contribution in [3.05, 3.63) is 0 Å². The van der Waals surface area contributed by atoms with Crippen molar-refractivity contribution >= 4 is 0 Å². The molecule has 4 N–H and O–H groups in total. The van der Waals surface area contributed by atoms with E-state index in [0.717, 1.165) is 24.7 Å². The van der Waals surface area contributed by atoms with Crippen LogP contribution < -0.4 is 11.5 Å². The highest BCUT2D eigenvalue weighted by Crippen LogP contribution is 2.42. The fourth-order valence-electron chi connectivity index (χ4n) is 2.80. The van der Waals surface area contributed by atoms with Gasteiger partial charge >= 0.3 is 0 Å². The zero-order valence-corrected chi connectivity index (χ0v) is 8.47. The quantitative estimate of drug-likeness (QED) is 0.682. The molecule has 0 aromatic rings.